The molecule has 6 heteroatoms. The first-order valence-electron chi connectivity index (χ1n) is 11.8. The zero-order chi connectivity index (χ0) is 25.2. The van der Waals surface area contributed by atoms with Crippen LogP contribution < -0.4 is 0 Å². The zero-order valence-corrected chi connectivity index (χ0v) is 19.8. The maximum Gasteiger partial charge on any atom is 0.226 e. The molecule has 0 saturated carbocycles. The highest BCUT2D eigenvalue weighted by Crippen LogP contribution is 2.35. The number of aromatic hydroxyl groups is 1. The summed E-state index contributed by atoms with van der Waals surface area (Å²) in [4.78, 5) is 17.6. The van der Waals surface area contributed by atoms with E-state index in [1.54, 1.807) is 18.3 Å². The van der Waals surface area contributed by atoms with Gasteiger partial charge >= 0.3 is 0 Å². The fraction of sp³-hybridized carbons (Fsp3) is 0.200. The molecule has 1 unspecified atom stereocenters. The van der Waals surface area contributed by atoms with Gasteiger partial charge in [0.15, 0.2) is 0 Å². The van der Waals surface area contributed by atoms with Crippen LogP contribution in [0.5, 0.6) is 5.75 Å². The molecule has 0 amide bonds. The molecule has 0 aliphatic heterocycles. The number of halogens is 2. The van der Waals surface area contributed by atoms with Crippen LogP contribution in [0, 0.1) is 18.6 Å². The Morgan fingerprint density at radius 1 is 1.06 bits per heavy atom. The molecule has 1 heterocycles. The summed E-state index contributed by atoms with van der Waals surface area (Å²) in [5.74, 6) is -0.743. The van der Waals surface area contributed by atoms with Crippen LogP contribution in [0.3, 0.4) is 0 Å². The van der Waals surface area contributed by atoms with Crippen molar-refractivity contribution in [2.45, 2.75) is 38.5 Å². The monoisotopic (exact) mass is 485 g/mol. The van der Waals surface area contributed by atoms with E-state index in [2.05, 4.69) is 4.98 Å². The number of hydrogen-bond donors (Lipinski definition) is 1. The summed E-state index contributed by atoms with van der Waals surface area (Å²) in [5, 5.41) is 9.87. The van der Waals surface area contributed by atoms with E-state index in [-0.39, 0.29) is 30.8 Å². The van der Waals surface area contributed by atoms with E-state index in [4.69, 9.17) is 4.42 Å². The highest BCUT2D eigenvalue weighted by atomic mass is 19.1. The lowest BCUT2D eigenvalue weighted by Gasteiger charge is -2.15. The number of phenols is 1. The van der Waals surface area contributed by atoms with Crippen molar-refractivity contribution in [2.75, 3.05) is 0 Å². The topological polar surface area (TPSA) is 63.3 Å². The molecule has 4 nitrogen and oxygen atoms in total. The number of hydrogen-bond acceptors (Lipinski definition) is 4. The molecule has 0 radical (unpaired) electrons. The average molecular weight is 486 g/mol. The molecule has 0 bridgehead atoms. The number of rotatable bonds is 8. The quantitative estimate of drug-likeness (QED) is 0.293. The Balaban J connectivity index is 1.39. The number of ketones is 1. The number of nitrogens with zero attached hydrogens (tertiary/aromatic N) is 1. The SMILES string of the molecule is Cc1ccc(-c2ncc(C(CC(=O)CC3=CCc4ccc(O)cc43)Cc3cc(F)cc(F)c3)o2)cc1. The predicted molar refractivity (Wildman–Crippen MR) is 134 cm³/mol. The second kappa shape index (κ2) is 9.90. The molecule has 1 aliphatic rings. The minimum atomic E-state index is -0.666. The number of phenolic OH excluding ortho intramolecular Hbond substituents is 1. The molecule has 0 fully saturated rings. The van der Waals surface area contributed by atoms with Gasteiger partial charge in [0.2, 0.25) is 5.89 Å². The highest BCUT2D eigenvalue weighted by Gasteiger charge is 2.24. The van der Waals surface area contributed by atoms with Crippen LogP contribution in [0.1, 0.15) is 46.8 Å². The molecule has 0 spiro atoms. The van der Waals surface area contributed by atoms with Crippen LogP contribution in [0.15, 0.2) is 77.4 Å². The fourth-order valence-corrected chi connectivity index (χ4v) is 4.70. The Morgan fingerprint density at radius 2 is 1.81 bits per heavy atom. The molecule has 1 aromatic heterocycles. The molecule has 1 atom stereocenters. The van der Waals surface area contributed by atoms with E-state index < -0.39 is 17.6 Å². The summed E-state index contributed by atoms with van der Waals surface area (Å²) in [6, 6.07) is 16.3. The van der Waals surface area contributed by atoms with E-state index in [0.29, 0.717) is 23.6 Å². The normalized spacial score (nSPS) is 13.4. The maximum absolute atomic E-state index is 13.9. The van der Waals surface area contributed by atoms with Gasteiger partial charge in [0.25, 0.3) is 0 Å². The summed E-state index contributed by atoms with van der Waals surface area (Å²) in [5.41, 5.74) is 5.18. The minimum Gasteiger partial charge on any atom is -0.508 e. The minimum absolute atomic E-state index is 0.0346. The van der Waals surface area contributed by atoms with Crippen molar-refractivity contribution in [3.63, 3.8) is 0 Å². The molecule has 1 aliphatic carbocycles. The Bertz CT molecular complexity index is 1430. The van der Waals surface area contributed by atoms with E-state index in [1.165, 1.54) is 12.1 Å². The number of oxazole rings is 1. The van der Waals surface area contributed by atoms with E-state index >= 15 is 0 Å². The standard InChI is InChI=1S/C30H25F2NO3/c1-18-2-4-21(5-3-18)30-33-17-29(36-30)23(10-19-11-24(31)15-25(32)12-19)14-27(35)13-22-7-6-20-8-9-26(34)16-28(20)22/h2-5,7-9,11-12,15-17,23,34H,6,10,13-14H2,1H3. The van der Waals surface area contributed by atoms with Gasteiger partial charge in [0, 0.05) is 30.4 Å². The lowest BCUT2D eigenvalue weighted by Crippen LogP contribution is -2.10. The lowest BCUT2D eigenvalue weighted by molar-refractivity contribution is -0.118. The van der Waals surface area contributed by atoms with Crippen molar-refractivity contribution in [3.8, 4) is 17.2 Å². The van der Waals surface area contributed by atoms with Crippen LogP contribution in [0.25, 0.3) is 17.0 Å². The number of benzene rings is 3. The van der Waals surface area contributed by atoms with Crippen molar-refractivity contribution in [1.29, 1.82) is 0 Å². The molecule has 0 saturated heterocycles. The Labute approximate surface area is 207 Å². The number of carbonyl (C=O) groups excluding carboxylic acids is 1. The van der Waals surface area contributed by atoms with Crippen molar-refractivity contribution in [1.82, 2.24) is 4.98 Å². The summed E-state index contributed by atoms with van der Waals surface area (Å²) < 4.78 is 33.8. The van der Waals surface area contributed by atoms with Crippen LogP contribution in [-0.2, 0) is 17.6 Å². The third-order valence-electron chi connectivity index (χ3n) is 6.50. The largest absolute Gasteiger partial charge is 0.508 e. The average Bonchev–Trinajstić information content (AvgIpc) is 3.46. The Morgan fingerprint density at radius 3 is 2.56 bits per heavy atom. The third-order valence-corrected chi connectivity index (χ3v) is 6.50. The number of aryl methyl sites for hydroxylation is 1. The van der Waals surface area contributed by atoms with Gasteiger partial charge in [-0.1, -0.05) is 29.8 Å². The van der Waals surface area contributed by atoms with Gasteiger partial charge in [-0.25, -0.2) is 13.8 Å². The van der Waals surface area contributed by atoms with Crippen molar-refractivity contribution in [3.05, 3.63) is 113 Å². The molecule has 5 rings (SSSR count). The van der Waals surface area contributed by atoms with Crippen molar-refractivity contribution in [2.24, 2.45) is 0 Å². The number of Topliss-reactive ketones (excluding diaryl/α,β-unsaturated/α-hetero) is 1. The van der Waals surface area contributed by atoms with Gasteiger partial charge < -0.3 is 9.52 Å². The first-order chi connectivity index (χ1) is 17.3. The van der Waals surface area contributed by atoms with Gasteiger partial charge in [0.1, 0.15) is 28.9 Å². The molecule has 182 valence electrons. The summed E-state index contributed by atoms with van der Waals surface area (Å²) in [7, 11) is 0. The van der Waals surface area contributed by atoms with E-state index in [1.807, 2.05) is 43.3 Å². The molecule has 1 N–H and O–H groups in total. The molecular formula is C30H25F2NO3. The van der Waals surface area contributed by atoms with Crippen molar-refractivity contribution >= 4 is 11.4 Å². The van der Waals surface area contributed by atoms with Crippen molar-refractivity contribution < 1.29 is 23.1 Å². The number of fused-ring (bicyclic) bond motifs is 1. The first-order valence-corrected chi connectivity index (χ1v) is 11.8. The zero-order valence-electron chi connectivity index (χ0n) is 19.8. The highest BCUT2D eigenvalue weighted by molar-refractivity contribution is 5.92. The maximum atomic E-state index is 13.9. The Hall–Kier alpha value is -4.06. The van der Waals surface area contributed by atoms with Crippen LogP contribution in [-0.4, -0.2) is 15.9 Å². The van der Waals surface area contributed by atoms with Crippen LogP contribution in [0.4, 0.5) is 8.78 Å². The second-order valence-electron chi connectivity index (χ2n) is 9.31. The van der Waals surface area contributed by atoms with Gasteiger partial charge in [-0.15, -0.1) is 0 Å². The van der Waals surface area contributed by atoms with Gasteiger partial charge in [-0.2, -0.15) is 0 Å². The predicted octanol–water partition coefficient (Wildman–Crippen LogP) is 6.95. The van der Waals surface area contributed by atoms with E-state index in [9.17, 15) is 18.7 Å². The number of aromatic nitrogens is 1. The molecule has 3 aromatic carbocycles. The lowest BCUT2D eigenvalue weighted by atomic mass is 9.90. The number of carbonyl (C=O) groups is 1. The second-order valence-corrected chi connectivity index (χ2v) is 9.31. The fourth-order valence-electron chi connectivity index (χ4n) is 4.70. The van der Waals surface area contributed by atoms with Gasteiger partial charge in [0.05, 0.1) is 6.20 Å². The number of allylic oxidation sites excluding steroid dienone is 2. The molecule has 36 heavy (non-hydrogen) atoms. The summed E-state index contributed by atoms with van der Waals surface area (Å²) >= 11 is 0. The van der Waals surface area contributed by atoms with E-state index in [0.717, 1.165) is 33.9 Å². The van der Waals surface area contributed by atoms with Gasteiger partial charge in [-0.3, -0.25) is 4.79 Å². The third kappa shape index (κ3) is 5.28. The molecular weight excluding hydrogens is 460 g/mol. The first kappa shape index (κ1) is 23.7. The summed E-state index contributed by atoms with van der Waals surface area (Å²) in [6.45, 7) is 1.99. The van der Waals surface area contributed by atoms with Gasteiger partial charge in [-0.05, 0) is 78.4 Å². The van der Waals surface area contributed by atoms with Crippen LogP contribution >= 0.6 is 0 Å². The molecule has 4 aromatic rings. The Kier molecular flexibility index (Phi) is 6.51. The van der Waals surface area contributed by atoms with Crippen LogP contribution in [0.2, 0.25) is 0 Å². The smallest absolute Gasteiger partial charge is 0.226 e. The summed E-state index contributed by atoms with van der Waals surface area (Å²) in [6.07, 6.45) is 4.84.